The molecule has 8 heteroatoms. The summed E-state index contributed by atoms with van der Waals surface area (Å²) in [5.74, 6) is -1.09. The smallest absolute Gasteiger partial charge is 0.409 e. The van der Waals surface area contributed by atoms with Gasteiger partial charge in [0, 0.05) is 19.1 Å². The lowest BCUT2D eigenvalue weighted by molar-refractivity contribution is -0.135. The van der Waals surface area contributed by atoms with Crippen molar-refractivity contribution in [3.05, 3.63) is 0 Å². The fraction of sp³-hybridized carbons (Fsp3) is 0.727. The van der Waals surface area contributed by atoms with Gasteiger partial charge in [-0.1, -0.05) is 0 Å². The number of piperidine rings is 1. The van der Waals surface area contributed by atoms with E-state index in [9.17, 15) is 14.4 Å². The van der Waals surface area contributed by atoms with Gasteiger partial charge >= 0.3 is 18.1 Å². The predicted molar refractivity (Wildman–Crippen MR) is 65.8 cm³/mol. The average molecular weight is 273 g/mol. The molecule has 1 aliphatic rings. The summed E-state index contributed by atoms with van der Waals surface area (Å²) in [5, 5.41) is 13.3. The zero-order valence-electron chi connectivity index (χ0n) is 10.8. The van der Waals surface area contributed by atoms with Crippen LogP contribution in [0.15, 0.2) is 0 Å². The number of ether oxygens (including phenoxy) is 1. The molecule has 8 nitrogen and oxygen atoms in total. The van der Waals surface area contributed by atoms with Gasteiger partial charge in [-0.3, -0.25) is 4.79 Å². The SMILES string of the molecule is CCOC(=O)N1CCC(NC(=O)NCC(=O)O)CC1. The number of likely N-dealkylation sites (tertiary alicyclic amines) is 1. The summed E-state index contributed by atoms with van der Waals surface area (Å²) in [6, 6.07) is -0.559. The van der Waals surface area contributed by atoms with Gasteiger partial charge in [0.05, 0.1) is 6.61 Å². The first-order valence-electron chi connectivity index (χ1n) is 6.20. The second-order valence-electron chi connectivity index (χ2n) is 4.18. The number of hydrogen-bond donors (Lipinski definition) is 3. The topological polar surface area (TPSA) is 108 Å². The number of urea groups is 1. The summed E-state index contributed by atoms with van der Waals surface area (Å²) in [7, 11) is 0. The molecule has 0 bridgehead atoms. The number of carbonyl (C=O) groups excluding carboxylic acids is 2. The first-order valence-corrected chi connectivity index (χ1v) is 6.20. The molecule has 0 aliphatic carbocycles. The Kier molecular flexibility index (Phi) is 5.91. The van der Waals surface area contributed by atoms with Crippen molar-refractivity contribution in [2.45, 2.75) is 25.8 Å². The highest BCUT2D eigenvalue weighted by Gasteiger charge is 2.24. The largest absolute Gasteiger partial charge is 0.480 e. The zero-order chi connectivity index (χ0) is 14.3. The third-order valence-corrected chi connectivity index (χ3v) is 2.76. The molecule has 0 radical (unpaired) electrons. The molecule has 108 valence electrons. The van der Waals surface area contributed by atoms with E-state index in [0.717, 1.165) is 0 Å². The van der Waals surface area contributed by atoms with Crippen LogP contribution < -0.4 is 10.6 Å². The second kappa shape index (κ2) is 7.45. The minimum absolute atomic E-state index is 0.0560. The van der Waals surface area contributed by atoms with E-state index >= 15 is 0 Å². The predicted octanol–water partition coefficient (Wildman–Crippen LogP) is -0.00890. The Morgan fingerprint density at radius 2 is 1.95 bits per heavy atom. The van der Waals surface area contributed by atoms with Gasteiger partial charge in [-0.05, 0) is 19.8 Å². The Bertz CT molecular complexity index is 339. The van der Waals surface area contributed by atoms with Crippen molar-refractivity contribution in [1.29, 1.82) is 0 Å². The quantitative estimate of drug-likeness (QED) is 0.667. The molecule has 1 aliphatic heterocycles. The highest BCUT2D eigenvalue weighted by molar-refractivity contribution is 5.80. The average Bonchev–Trinajstić information content (AvgIpc) is 2.37. The molecule has 1 saturated heterocycles. The number of nitrogens with one attached hydrogen (secondary N) is 2. The highest BCUT2D eigenvalue weighted by Crippen LogP contribution is 2.11. The molecule has 0 saturated carbocycles. The van der Waals surface area contributed by atoms with Gasteiger partial charge in [0.2, 0.25) is 0 Å². The molecule has 0 unspecified atom stereocenters. The lowest BCUT2D eigenvalue weighted by atomic mass is 10.1. The van der Waals surface area contributed by atoms with Gasteiger partial charge in [-0.2, -0.15) is 0 Å². The Morgan fingerprint density at radius 1 is 1.32 bits per heavy atom. The molecule has 1 fully saturated rings. The standard InChI is InChI=1S/C11H19N3O5/c1-2-19-11(18)14-5-3-8(4-6-14)13-10(17)12-7-9(15)16/h8H,2-7H2,1H3,(H,15,16)(H2,12,13,17). The second-order valence-corrected chi connectivity index (χ2v) is 4.18. The maximum Gasteiger partial charge on any atom is 0.409 e. The van der Waals surface area contributed by atoms with Crippen LogP contribution in [-0.4, -0.2) is 60.4 Å². The van der Waals surface area contributed by atoms with E-state index in [4.69, 9.17) is 9.84 Å². The molecule has 0 aromatic carbocycles. The van der Waals surface area contributed by atoms with Crippen LogP contribution in [-0.2, 0) is 9.53 Å². The van der Waals surface area contributed by atoms with Gasteiger partial charge in [-0.15, -0.1) is 0 Å². The number of aliphatic carboxylic acids is 1. The third-order valence-electron chi connectivity index (χ3n) is 2.76. The molecule has 0 aromatic heterocycles. The van der Waals surface area contributed by atoms with Crippen LogP contribution >= 0.6 is 0 Å². The van der Waals surface area contributed by atoms with Crippen LogP contribution in [0.4, 0.5) is 9.59 Å². The van der Waals surface area contributed by atoms with E-state index in [0.29, 0.717) is 32.5 Å². The van der Waals surface area contributed by atoms with E-state index in [1.165, 1.54) is 0 Å². The van der Waals surface area contributed by atoms with E-state index < -0.39 is 18.5 Å². The molecule has 3 amide bonds. The normalized spacial score (nSPS) is 15.7. The maximum atomic E-state index is 11.4. The van der Waals surface area contributed by atoms with Gasteiger partial charge < -0.3 is 25.4 Å². The molecular weight excluding hydrogens is 254 g/mol. The molecule has 0 aromatic rings. The van der Waals surface area contributed by atoms with Crippen LogP contribution in [0.25, 0.3) is 0 Å². The molecule has 3 N–H and O–H groups in total. The van der Waals surface area contributed by atoms with Gasteiger partial charge in [0.1, 0.15) is 6.54 Å². The van der Waals surface area contributed by atoms with E-state index in [2.05, 4.69) is 10.6 Å². The number of nitrogens with zero attached hydrogens (tertiary/aromatic N) is 1. The van der Waals surface area contributed by atoms with Crippen LogP contribution in [0, 0.1) is 0 Å². The van der Waals surface area contributed by atoms with Crippen LogP contribution in [0.1, 0.15) is 19.8 Å². The Labute approximate surface area is 111 Å². The molecule has 0 atom stereocenters. The number of carboxylic acids is 1. The lowest BCUT2D eigenvalue weighted by Crippen LogP contribution is -2.49. The molecular formula is C11H19N3O5. The van der Waals surface area contributed by atoms with Gasteiger partial charge in [0.15, 0.2) is 0 Å². The number of amides is 3. The van der Waals surface area contributed by atoms with Crippen molar-refractivity contribution in [3.63, 3.8) is 0 Å². The van der Waals surface area contributed by atoms with Crippen molar-refractivity contribution < 1.29 is 24.2 Å². The number of rotatable bonds is 4. The number of carboxylic acid groups (broad SMARTS) is 1. The summed E-state index contributed by atoms with van der Waals surface area (Å²) in [6.45, 7) is 2.71. The minimum Gasteiger partial charge on any atom is -0.480 e. The van der Waals surface area contributed by atoms with Crippen molar-refractivity contribution in [1.82, 2.24) is 15.5 Å². The van der Waals surface area contributed by atoms with Gasteiger partial charge in [0.25, 0.3) is 0 Å². The third kappa shape index (κ3) is 5.45. The van der Waals surface area contributed by atoms with Crippen molar-refractivity contribution >= 4 is 18.1 Å². The fourth-order valence-electron chi connectivity index (χ4n) is 1.81. The van der Waals surface area contributed by atoms with E-state index in [1.54, 1.807) is 11.8 Å². The Morgan fingerprint density at radius 3 is 2.47 bits per heavy atom. The summed E-state index contributed by atoms with van der Waals surface area (Å²) in [5.41, 5.74) is 0. The highest BCUT2D eigenvalue weighted by atomic mass is 16.6. The van der Waals surface area contributed by atoms with Crippen LogP contribution in [0.5, 0.6) is 0 Å². The number of hydrogen-bond acceptors (Lipinski definition) is 4. The van der Waals surface area contributed by atoms with E-state index in [-0.39, 0.29) is 12.1 Å². The van der Waals surface area contributed by atoms with Gasteiger partial charge in [-0.25, -0.2) is 9.59 Å². The molecule has 1 heterocycles. The first-order chi connectivity index (χ1) is 9.02. The van der Waals surface area contributed by atoms with Crippen molar-refractivity contribution in [2.75, 3.05) is 26.2 Å². The van der Waals surface area contributed by atoms with Crippen LogP contribution in [0.2, 0.25) is 0 Å². The summed E-state index contributed by atoms with van der Waals surface area (Å²) in [4.78, 5) is 34.7. The maximum absolute atomic E-state index is 11.4. The lowest BCUT2D eigenvalue weighted by Gasteiger charge is -2.31. The zero-order valence-corrected chi connectivity index (χ0v) is 10.8. The fourth-order valence-corrected chi connectivity index (χ4v) is 1.81. The summed E-state index contributed by atoms with van der Waals surface area (Å²) < 4.78 is 4.88. The van der Waals surface area contributed by atoms with E-state index in [1.807, 2.05) is 0 Å². The Hall–Kier alpha value is -1.99. The molecule has 19 heavy (non-hydrogen) atoms. The first kappa shape index (κ1) is 15.1. The summed E-state index contributed by atoms with van der Waals surface area (Å²) >= 11 is 0. The molecule has 1 rings (SSSR count). The monoisotopic (exact) mass is 273 g/mol. The molecule has 0 spiro atoms. The van der Waals surface area contributed by atoms with Crippen molar-refractivity contribution in [3.8, 4) is 0 Å². The van der Waals surface area contributed by atoms with Crippen LogP contribution in [0.3, 0.4) is 0 Å². The van der Waals surface area contributed by atoms with Crippen molar-refractivity contribution in [2.24, 2.45) is 0 Å². The summed E-state index contributed by atoms with van der Waals surface area (Å²) in [6.07, 6.45) is 0.912. The number of carbonyl (C=O) groups is 3. The minimum atomic E-state index is -1.09. The Balaban J connectivity index is 2.24.